The van der Waals surface area contributed by atoms with Crippen LogP contribution in [0.5, 0.6) is 5.75 Å². The van der Waals surface area contributed by atoms with Crippen LogP contribution in [0, 0.1) is 5.41 Å². The molecule has 0 radical (unpaired) electrons. The molecule has 0 spiro atoms. The van der Waals surface area contributed by atoms with Crippen LogP contribution >= 0.6 is 0 Å². The van der Waals surface area contributed by atoms with Crippen molar-refractivity contribution in [2.24, 2.45) is 5.41 Å². The predicted octanol–water partition coefficient (Wildman–Crippen LogP) is 4.29. The zero-order valence-corrected chi connectivity index (χ0v) is 13.4. The van der Waals surface area contributed by atoms with Gasteiger partial charge in [0.05, 0.1) is 6.61 Å². The second-order valence-corrected chi connectivity index (χ2v) is 5.96. The first-order valence-electron chi connectivity index (χ1n) is 7.59. The molecule has 22 heavy (non-hydrogen) atoms. The van der Waals surface area contributed by atoms with Gasteiger partial charge in [-0.05, 0) is 43.2 Å². The van der Waals surface area contributed by atoms with Crippen LogP contribution < -0.4 is 10.1 Å². The number of anilines is 1. The van der Waals surface area contributed by atoms with Crippen molar-refractivity contribution < 1.29 is 9.53 Å². The molecule has 0 aliphatic carbocycles. The lowest BCUT2D eigenvalue weighted by molar-refractivity contribution is -0.123. The normalized spacial score (nSPS) is 11.0. The Morgan fingerprint density at radius 1 is 1.05 bits per heavy atom. The highest BCUT2D eigenvalue weighted by molar-refractivity contribution is 5.95. The van der Waals surface area contributed by atoms with E-state index in [1.165, 1.54) is 0 Å². The van der Waals surface area contributed by atoms with Crippen molar-refractivity contribution in [1.82, 2.24) is 0 Å². The molecule has 0 aromatic heterocycles. The van der Waals surface area contributed by atoms with E-state index in [1.54, 1.807) is 0 Å². The lowest BCUT2D eigenvalue weighted by atomic mass is 9.84. The molecular weight excluding hydrogens is 274 g/mol. The number of carbonyl (C=O) groups excluding carboxylic acids is 1. The smallest absolute Gasteiger partial charge is 0.230 e. The van der Waals surface area contributed by atoms with Crippen molar-refractivity contribution in [2.45, 2.75) is 27.2 Å². The van der Waals surface area contributed by atoms with Crippen molar-refractivity contribution in [3.05, 3.63) is 60.2 Å². The molecule has 1 amide bonds. The van der Waals surface area contributed by atoms with E-state index in [9.17, 15) is 4.79 Å². The van der Waals surface area contributed by atoms with Crippen LogP contribution in [0.1, 0.15) is 26.3 Å². The average molecular weight is 297 g/mol. The van der Waals surface area contributed by atoms with Crippen molar-refractivity contribution in [3.63, 3.8) is 0 Å². The Balaban J connectivity index is 2.00. The monoisotopic (exact) mass is 297 g/mol. The Labute approximate surface area is 132 Å². The van der Waals surface area contributed by atoms with Gasteiger partial charge in [0.1, 0.15) is 5.75 Å². The summed E-state index contributed by atoms with van der Waals surface area (Å²) in [6, 6.07) is 17.5. The van der Waals surface area contributed by atoms with E-state index in [-0.39, 0.29) is 5.91 Å². The van der Waals surface area contributed by atoms with Crippen LogP contribution in [0.3, 0.4) is 0 Å². The van der Waals surface area contributed by atoms with Gasteiger partial charge >= 0.3 is 0 Å². The summed E-state index contributed by atoms with van der Waals surface area (Å²) in [4.78, 5) is 12.5. The van der Waals surface area contributed by atoms with Crippen molar-refractivity contribution in [1.29, 1.82) is 0 Å². The Morgan fingerprint density at radius 2 is 1.68 bits per heavy atom. The minimum Gasteiger partial charge on any atom is -0.494 e. The maximum Gasteiger partial charge on any atom is 0.230 e. The topological polar surface area (TPSA) is 38.3 Å². The Kier molecular flexibility index (Phi) is 5.21. The average Bonchev–Trinajstić information content (AvgIpc) is 2.50. The molecule has 0 fully saturated rings. The zero-order valence-electron chi connectivity index (χ0n) is 13.4. The molecular formula is C19H23NO2. The van der Waals surface area contributed by atoms with Gasteiger partial charge in [-0.3, -0.25) is 4.79 Å². The molecule has 0 bridgehead atoms. The molecule has 2 aromatic carbocycles. The fraction of sp³-hybridized carbons (Fsp3) is 0.316. The number of ether oxygens (including phenoxy) is 1. The van der Waals surface area contributed by atoms with E-state index >= 15 is 0 Å². The fourth-order valence-corrected chi connectivity index (χ4v) is 2.29. The molecule has 3 heteroatoms. The predicted molar refractivity (Wildman–Crippen MR) is 90.2 cm³/mol. The standard InChI is InChI=1S/C19H23NO2/c1-4-22-17-12-10-16(11-13-17)20-18(21)19(2,3)14-15-8-6-5-7-9-15/h5-13H,4,14H2,1-3H3,(H,20,21). The second-order valence-electron chi connectivity index (χ2n) is 5.96. The van der Waals surface area contributed by atoms with Crippen LogP contribution in [0.4, 0.5) is 5.69 Å². The highest BCUT2D eigenvalue weighted by Crippen LogP contribution is 2.25. The van der Waals surface area contributed by atoms with E-state index < -0.39 is 5.41 Å². The third kappa shape index (κ3) is 4.35. The summed E-state index contributed by atoms with van der Waals surface area (Å²) >= 11 is 0. The molecule has 0 atom stereocenters. The summed E-state index contributed by atoms with van der Waals surface area (Å²) < 4.78 is 5.40. The van der Waals surface area contributed by atoms with E-state index in [0.717, 1.165) is 17.0 Å². The molecule has 2 aromatic rings. The number of hydrogen-bond donors (Lipinski definition) is 1. The maximum absolute atomic E-state index is 12.5. The van der Waals surface area contributed by atoms with Crippen molar-refractivity contribution in [2.75, 3.05) is 11.9 Å². The van der Waals surface area contributed by atoms with E-state index in [2.05, 4.69) is 5.32 Å². The fourth-order valence-electron chi connectivity index (χ4n) is 2.29. The molecule has 116 valence electrons. The molecule has 0 saturated heterocycles. The van der Waals surface area contributed by atoms with Gasteiger partial charge in [0.15, 0.2) is 0 Å². The van der Waals surface area contributed by atoms with E-state index in [0.29, 0.717) is 13.0 Å². The summed E-state index contributed by atoms with van der Waals surface area (Å²) in [5.41, 5.74) is 1.48. The molecule has 0 saturated carbocycles. The number of carbonyl (C=O) groups is 1. The Hall–Kier alpha value is -2.29. The van der Waals surface area contributed by atoms with Gasteiger partial charge in [-0.25, -0.2) is 0 Å². The van der Waals surface area contributed by atoms with Gasteiger partial charge < -0.3 is 10.1 Å². The summed E-state index contributed by atoms with van der Waals surface area (Å²) in [6.07, 6.45) is 0.705. The van der Waals surface area contributed by atoms with Gasteiger partial charge in [0.2, 0.25) is 5.91 Å². The van der Waals surface area contributed by atoms with Gasteiger partial charge in [0, 0.05) is 11.1 Å². The minimum atomic E-state index is -0.472. The van der Waals surface area contributed by atoms with Gasteiger partial charge in [0.25, 0.3) is 0 Å². The van der Waals surface area contributed by atoms with Crippen molar-refractivity contribution in [3.8, 4) is 5.75 Å². The number of rotatable bonds is 6. The minimum absolute atomic E-state index is 0.0144. The van der Waals surface area contributed by atoms with Crippen LogP contribution in [0.2, 0.25) is 0 Å². The third-order valence-corrected chi connectivity index (χ3v) is 3.53. The summed E-state index contributed by atoms with van der Waals surface area (Å²) in [5, 5.41) is 2.98. The van der Waals surface area contributed by atoms with Gasteiger partial charge in [-0.1, -0.05) is 44.2 Å². The Morgan fingerprint density at radius 3 is 2.27 bits per heavy atom. The first kappa shape index (κ1) is 16.1. The Bertz CT molecular complexity index is 603. The van der Waals surface area contributed by atoms with E-state index in [1.807, 2.05) is 75.4 Å². The number of amides is 1. The van der Waals surface area contributed by atoms with E-state index in [4.69, 9.17) is 4.74 Å². The SMILES string of the molecule is CCOc1ccc(NC(=O)C(C)(C)Cc2ccccc2)cc1. The lowest BCUT2D eigenvalue weighted by Crippen LogP contribution is -2.32. The largest absolute Gasteiger partial charge is 0.494 e. The second kappa shape index (κ2) is 7.12. The number of hydrogen-bond acceptors (Lipinski definition) is 2. The molecule has 0 unspecified atom stereocenters. The molecule has 1 N–H and O–H groups in total. The van der Waals surface area contributed by atoms with Gasteiger partial charge in [-0.15, -0.1) is 0 Å². The van der Waals surface area contributed by atoms with Crippen LogP contribution in [0.25, 0.3) is 0 Å². The number of benzene rings is 2. The highest BCUT2D eigenvalue weighted by atomic mass is 16.5. The summed E-state index contributed by atoms with van der Waals surface area (Å²) in [6.45, 7) is 6.51. The molecule has 0 heterocycles. The zero-order chi connectivity index (χ0) is 16.0. The van der Waals surface area contributed by atoms with Crippen LogP contribution in [0.15, 0.2) is 54.6 Å². The molecule has 3 nitrogen and oxygen atoms in total. The first-order valence-corrected chi connectivity index (χ1v) is 7.59. The molecule has 2 rings (SSSR count). The first-order chi connectivity index (χ1) is 10.5. The third-order valence-electron chi connectivity index (χ3n) is 3.53. The van der Waals surface area contributed by atoms with Crippen molar-refractivity contribution >= 4 is 11.6 Å². The van der Waals surface area contributed by atoms with Crippen LogP contribution in [-0.4, -0.2) is 12.5 Å². The summed E-state index contributed by atoms with van der Waals surface area (Å²) in [7, 11) is 0. The molecule has 0 aliphatic rings. The lowest BCUT2D eigenvalue weighted by Gasteiger charge is -2.23. The summed E-state index contributed by atoms with van der Waals surface area (Å²) in [5.74, 6) is 0.824. The quantitative estimate of drug-likeness (QED) is 0.863. The number of nitrogens with one attached hydrogen (secondary N) is 1. The highest BCUT2D eigenvalue weighted by Gasteiger charge is 2.27. The van der Waals surface area contributed by atoms with Crippen LogP contribution in [-0.2, 0) is 11.2 Å². The molecule has 0 aliphatic heterocycles. The van der Waals surface area contributed by atoms with Gasteiger partial charge in [-0.2, -0.15) is 0 Å². The maximum atomic E-state index is 12.5.